The number of carbonyl (C=O) groups excluding carboxylic acids is 1. The quantitative estimate of drug-likeness (QED) is 0.618. The highest BCUT2D eigenvalue weighted by Crippen LogP contribution is 2.29. The Morgan fingerprint density at radius 1 is 0.900 bits per heavy atom. The number of hydrogen-bond donors (Lipinski definition) is 0. The standard InChI is InChI=1S/C17H11BrO2/c18-15-7-5-14(11-19)17(10-15)20-16-8-6-12-3-1-2-4-13(12)9-16/h1-11H. The molecule has 3 aromatic rings. The molecule has 0 N–H and O–H groups in total. The maximum absolute atomic E-state index is 11.0. The summed E-state index contributed by atoms with van der Waals surface area (Å²) in [6, 6.07) is 19.3. The van der Waals surface area contributed by atoms with Crippen molar-refractivity contribution in [1.82, 2.24) is 0 Å². The lowest BCUT2D eigenvalue weighted by molar-refractivity contribution is 0.112. The van der Waals surface area contributed by atoms with Gasteiger partial charge in [-0.1, -0.05) is 46.3 Å². The summed E-state index contributed by atoms with van der Waals surface area (Å²) in [5, 5.41) is 2.26. The van der Waals surface area contributed by atoms with Gasteiger partial charge in [0.1, 0.15) is 11.5 Å². The first kappa shape index (κ1) is 12.9. The third kappa shape index (κ3) is 2.58. The van der Waals surface area contributed by atoms with Crippen LogP contribution in [0.15, 0.2) is 65.1 Å². The number of aldehydes is 1. The molecule has 0 aliphatic carbocycles. The molecule has 0 amide bonds. The molecule has 0 bridgehead atoms. The van der Waals surface area contributed by atoms with Crippen molar-refractivity contribution < 1.29 is 9.53 Å². The molecule has 0 unspecified atom stereocenters. The Balaban J connectivity index is 2.00. The minimum Gasteiger partial charge on any atom is -0.457 e. The SMILES string of the molecule is O=Cc1ccc(Br)cc1Oc1ccc2ccccc2c1. The summed E-state index contributed by atoms with van der Waals surface area (Å²) in [5.41, 5.74) is 0.529. The van der Waals surface area contributed by atoms with Crippen molar-refractivity contribution in [2.45, 2.75) is 0 Å². The van der Waals surface area contributed by atoms with Crippen molar-refractivity contribution in [3.8, 4) is 11.5 Å². The highest BCUT2D eigenvalue weighted by atomic mass is 79.9. The number of hydrogen-bond acceptors (Lipinski definition) is 2. The summed E-state index contributed by atoms with van der Waals surface area (Å²) in [6.07, 6.45) is 0.794. The number of carbonyl (C=O) groups is 1. The van der Waals surface area contributed by atoms with Crippen LogP contribution in [-0.4, -0.2) is 6.29 Å². The zero-order valence-corrected chi connectivity index (χ0v) is 12.1. The van der Waals surface area contributed by atoms with Crippen LogP contribution >= 0.6 is 15.9 Å². The lowest BCUT2D eigenvalue weighted by Crippen LogP contribution is -1.90. The molecule has 0 spiro atoms. The Morgan fingerprint density at radius 3 is 2.50 bits per heavy atom. The van der Waals surface area contributed by atoms with Crippen LogP contribution in [-0.2, 0) is 0 Å². The molecular weight excluding hydrogens is 316 g/mol. The molecule has 0 heterocycles. The van der Waals surface area contributed by atoms with Gasteiger partial charge in [-0.15, -0.1) is 0 Å². The van der Waals surface area contributed by atoms with E-state index in [1.807, 2.05) is 42.5 Å². The van der Waals surface area contributed by atoms with E-state index in [1.165, 1.54) is 0 Å². The fourth-order valence-electron chi connectivity index (χ4n) is 2.05. The van der Waals surface area contributed by atoms with E-state index in [0.717, 1.165) is 21.5 Å². The summed E-state index contributed by atoms with van der Waals surface area (Å²) in [6.45, 7) is 0. The van der Waals surface area contributed by atoms with E-state index < -0.39 is 0 Å². The van der Waals surface area contributed by atoms with E-state index in [9.17, 15) is 4.79 Å². The Labute approximate surface area is 125 Å². The van der Waals surface area contributed by atoms with E-state index >= 15 is 0 Å². The van der Waals surface area contributed by atoms with Crippen LogP contribution in [0.2, 0.25) is 0 Å². The summed E-state index contributed by atoms with van der Waals surface area (Å²) >= 11 is 3.38. The first-order valence-corrected chi connectivity index (χ1v) is 6.97. The molecular formula is C17H11BrO2. The van der Waals surface area contributed by atoms with Crippen LogP contribution in [0.5, 0.6) is 11.5 Å². The van der Waals surface area contributed by atoms with Gasteiger partial charge in [-0.25, -0.2) is 0 Å². The van der Waals surface area contributed by atoms with Gasteiger partial charge in [0.05, 0.1) is 5.56 Å². The first-order valence-electron chi connectivity index (χ1n) is 6.18. The van der Waals surface area contributed by atoms with Crippen molar-refractivity contribution in [3.05, 3.63) is 70.7 Å². The topological polar surface area (TPSA) is 26.3 Å². The molecule has 3 heteroatoms. The molecule has 98 valence electrons. The number of rotatable bonds is 3. The van der Waals surface area contributed by atoms with Gasteiger partial charge >= 0.3 is 0 Å². The molecule has 0 saturated carbocycles. The van der Waals surface area contributed by atoms with Gasteiger partial charge in [0.15, 0.2) is 6.29 Å². The maximum atomic E-state index is 11.0. The zero-order chi connectivity index (χ0) is 13.9. The summed E-state index contributed by atoms with van der Waals surface area (Å²) in [4.78, 5) is 11.0. The predicted octanol–water partition coefficient (Wildman–Crippen LogP) is 5.21. The van der Waals surface area contributed by atoms with Gasteiger partial charge in [-0.05, 0) is 41.1 Å². The average Bonchev–Trinajstić information content (AvgIpc) is 2.47. The van der Waals surface area contributed by atoms with Crippen molar-refractivity contribution in [2.24, 2.45) is 0 Å². The Morgan fingerprint density at radius 2 is 1.70 bits per heavy atom. The fraction of sp³-hybridized carbons (Fsp3) is 0. The molecule has 0 fully saturated rings. The van der Waals surface area contributed by atoms with Crippen LogP contribution in [0.3, 0.4) is 0 Å². The van der Waals surface area contributed by atoms with Crippen molar-refractivity contribution in [2.75, 3.05) is 0 Å². The normalized spacial score (nSPS) is 10.4. The number of ether oxygens (including phenoxy) is 1. The molecule has 0 aliphatic heterocycles. The molecule has 2 nitrogen and oxygen atoms in total. The molecule has 20 heavy (non-hydrogen) atoms. The van der Waals surface area contributed by atoms with Crippen molar-refractivity contribution >= 4 is 33.0 Å². The molecule has 0 aliphatic rings. The Bertz CT molecular complexity index is 781. The number of halogens is 1. The van der Waals surface area contributed by atoms with Gasteiger partial charge < -0.3 is 4.74 Å². The van der Waals surface area contributed by atoms with E-state index in [0.29, 0.717) is 17.1 Å². The minimum absolute atomic E-state index is 0.529. The summed E-state index contributed by atoms with van der Waals surface area (Å²) in [5.74, 6) is 1.26. The third-order valence-electron chi connectivity index (χ3n) is 3.05. The van der Waals surface area contributed by atoms with Gasteiger partial charge in [0.2, 0.25) is 0 Å². The molecule has 0 aromatic heterocycles. The van der Waals surface area contributed by atoms with Crippen LogP contribution in [0.25, 0.3) is 10.8 Å². The molecule has 3 aromatic carbocycles. The zero-order valence-electron chi connectivity index (χ0n) is 10.5. The predicted molar refractivity (Wildman–Crippen MR) is 83.6 cm³/mol. The van der Waals surface area contributed by atoms with Crippen LogP contribution in [0.1, 0.15) is 10.4 Å². The van der Waals surface area contributed by atoms with Gasteiger partial charge in [-0.3, -0.25) is 4.79 Å². The van der Waals surface area contributed by atoms with Crippen LogP contribution in [0.4, 0.5) is 0 Å². The lowest BCUT2D eigenvalue weighted by Gasteiger charge is -2.09. The second-order valence-corrected chi connectivity index (χ2v) is 5.33. The van der Waals surface area contributed by atoms with E-state index in [1.54, 1.807) is 12.1 Å². The van der Waals surface area contributed by atoms with E-state index in [4.69, 9.17) is 4.74 Å². The molecule has 3 rings (SSSR count). The Hall–Kier alpha value is -2.13. The van der Waals surface area contributed by atoms with Crippen LogP contribution < -0.4 is 4.74 Å². The first-order chi connectivity index (χ1) is 9.76. The van der Waals surface area contributed by atoms with Gasteiger partial charge in [0.25, 0.3) is 0 Å². The van der Waals surface area contributed by atoms with E-state index in [-0.39, 0.29) is 0 Å². The second kappa shape index (κ2) is 5.47. The Kier molecular flexibility index (Phi) is 3.52. The maximum Gasteiger partial charge on any atom is 0.153 e. The molecule has 0 radical (unpaired) electrons. The number of benzene rings is 3. The highest BCUT2D eigenvalue weighted by Gasteiger charge is 2.06. The van der Waals surface area contributed by atoms with Crippen molar-refractivity contribution in [3.63, 3.8) is 0 Å². The summed E-state index contributed by atoms with van der Waals surface area (Å²) in [7, 11) is 0. The van der Waals surface area contributed by atoms with Gasteiger partial charge in [-0.2, -0.15) is 0 Å². The highest BCUT2D eigenvalue weighted by molar-refractivity contribution is 9.10. The lowest BCUT2D eigenvalue weighted by atomic mass is 10.1. The molecule has 0 atom stereocenters. The smallest absolute Gasteiger partial charge is 0.153 e. The van der Waals surface area contributed by atoms with Crippen LogP contribution in [0, 0.1) is 0 Å². The molecule has 0 saturated heterocycles. The van der Waals surface area contributed by atoms with Crippen molar-refractivity contribution in [1.29, 1.82) is 0 Å². The number of fused-ring (bicyclic) bond motifs is 1. The van der Waals surface area contributed by atoms with E-state index in [2.05, 4.69) is 22.0 Å². The summed E-state index contributed by atoms with van der Waals surface area (Å²) < 4.78 is 6.70. The third-order valence-corrected chi connectivity index (χ3v) is 3.54. The monoisotopic (exact) mass is 326 g/mol. The minimum atomic E-state index is 0.529. The average molecular weight is 327 g/mol. The fourth-order valence-corrected chi connectivity index (χ4v) is 2.39. The van der Waals surface area contributed by atoms with Gasteiger partial charge in [0, 0.05) is 4.47 Å². The second-order valence-electron chi connectivity index (χ2n) is 4.41. The largest absolute Gasteiger partial charge is 0.457 e.